The molecule has 0 saturated carbocycles. The Balaban J connectivity index is 1.95. The molecule has 0 spiro atoms. The predicted molar refractivity (Wildman–Crippen MR) is 83.1 cm³/mol. The highest BCUT2D eigenvalue weighted by molar-refractivity contribution is 6.35. The average molecular weight is 340 g/mol. The molecule has 0 atom stereocenters. The third kappa shape index (κ3) is 4.44. The summed E-state index contributed by atoms with van der Waals surface area (Å²) >= 11 is 11.8. The minimum absolute atomic E-state index is 0.00489. The number of nitrogens with zero attached hydrogens (tertiary/aromatic N) is 1. The van der Waals surface area contributed by atoms with Crippen molar-refractivity contribution in [1.29, 1.82) is 0 Å². The van der Waals surface area contributed by atoms with Crippen molar-refractivity contribution in [2.45, 2.75) is 13.0 Å². The molecule has 22 heavy (non-hydrogen) atoms. The predicted octanol–water partition coefficient (Wildman–Crippen LogP) is 4.19. The van der Waals surface area contributed by atoms with Gasteiger partial charge in [0.25, 0.3) is 5.69 Å². The van der Waals surface area contributed by atoms with Gasteiger partial charge in [0.15, 0.2) is 0 Å². The van der Waals surface area contributed by atoms with Crippen LogP contribution in [0.3, 0.4) is 0 Å². The number of hydrogen-bond donors (Lipinski definition) is 0. The topological polar surface area (TPSA) is 69.4 Å². The number of rotatable bonds is 5. The highest BCUT2D eigenvalue weighted by Crippen LogP contribution is 2.22. The number of nitro benzene ring substituents is 1. The van der Waals surface area contributed by atoms with Crippen molar-refractivity contribution >= 4 is 34.9 Å². The SMILES string of the molecule is O=C(Cc1ccc(Cl)cc1Cl)OCc1cccc([N+](=O)[O-])c1. The summed E-state index contributed by atoms with van der Waals surface area (Å²) in [5.41, 5.74) is 1.11. The van der Waals surface area contributed by atoms with Crippen molar-refractivity contribution in [3.8, 4) is 0 Å². The first-order valence-electron chi connectivity index (χ1n) is 6.28. The molecule has 7 heteroatoms. The van der Waals surface area contributed by atoms with E-state index in [4.69, 9.17) is 27.9 Å². The minimum Gasteiger partial charge on any atom is -0.461 e. The lowest BCUT2D eigenvalue weighted by molar-refractivity contribution is -0.384. The van der Waals surface area contributed by atoms with Crippen LogP contribution in [0.5, 0.6) is 0 Å². The van der Waals surface area contributed by atoms with E-state index in [1.54, 1.807) is 24.3 Å². The van der Waals surface area contributed by atoms with Crippen LogP contribution in [-0.2, 0) is 22.6 Å². The van der Waals surface area contributed by atoms with Gasteiger partial charge in [-0.1, -0.05) is 41.4 Å². The first kappa shape index (κ1) is 16.3. The van der Waals surface area contributed by atoms with Gasteiger partial charge in [-0.25, -0.2) is 0 Å². The largest absolute Gasteiger partial charge is 0.461 e. The fourth-order valence-electron chi connectivity index (χ4n) is 1.80. The van der Waals surface area contributed by atoms with E-state index in [9.17, 15) is 14.9 Å². The maximum absolute atomic E-state index is 11.8. The lowest BCUT2D eigenvalue weighted by Crippen LogP contribution is -2.08. The summed E-state index contributed by atoms with van der Waals surface area (Å²) in [5.74, 6) is -0.476. The second kappa shape index (κ2) is 7.24. The molecule has 2 aromatic rings. The molecule has 0 radical (unpaired) electrons. The summed E-state index contributed by atoms with van der Waals surface area (Å²) in [6.07, 6.45) is 0.00489. The molecule has 0 aliphatic rings. The van der Waals surface area contributed by atoms with Crippen LogP contribution in [-0.4, -0.2) is 10.9 Å². The van der Waals surface area contributed by atoms with Gasteiger partial charge in [0.1, 0.15) is 6.61 Å². The Morgan fingerprint density at radius 2 is 1.95 bits per heavy atom. The third-order valence-corrected chi connectivity index (χ3v) is 3.46. The van der Waals surface area contributed by atoms with Crippen molar-refractivity contribution < 1.29 is 14.5 Å². The third-order valence-electron chi connectivity index (χ3n) is 2.87. The summed E-state index contributed by atoms with van der Waals surface area (Å²) < 4.78 is 5.10. The average Bonchev–Trinajstić information content (AvgIpc) is 2.48. The zero-order valence-electron chi connectivity index (χ0n) is 11.3. The van der Waals surface area contributed by atoms with Gasteiger partial charge in [-0.3, -0.25) is 14.9 Å². The van der Waals surface area contributed by atoms with E-state index in [0.29, 0.717) is 21.2 Å². The fraction of sp³-hybridized carbons (Fsp3) is 0.133. The van der Waals surface area contributed by atoms with Gasteiger partial charge in [-0.05, 0) is 23.3 Å². The van der Waals surface area contributed by atoms with Crippen LogP contribution in [0.1, 0.15) is 11.1 Å². The van der Waals surface area contributed by atoms with Crippen LogP contribution in [0.2, 0.25) is 10.0 Å². The number of carbonyl (C=O) groups is 1. The molecule has 0 aliphatic heterocycles. The molecule has 0 heterocycles. The van der Waals surface area contributed by atoms with Crippen molar-refractivity contribution in [2.24, 2.45) is 0 Å². The normalized spacial score (nSPS) is 10.3. The molecule has 2 aromatic carbocycles. The van der Waals surface area contributed by atoms with Gasteiger partial charge >= 0.3 is 5.97 Å². The van der Waals surface area contributed by atoms with Gasteiger partial charge in [-0.15, -0.1) is 0 Å². The Morgan fingerprint density at radius 3 is 2.64 bits per heavy atom. The molecular formula is C15H11Cl2NO4. The standard InChI is InChI=1S/C15H11Cl2NO4/c16-12-5-4-11(14(17)8-12)7-15(19)22-9-10-2-1-3-13(6-10)18(20)21/h1-6,8H,7,9H2. The number of nitro groups is 1. The fourth-order valence-corrected chi connectivity index (χ4v) is 2.27. The first-order chi connectivity index (χ1) is 10.5. The summed E-state index contributed by atoms with van der Waals surface area (Å²) in [4.78, 5) is 22.0. The second-order valence-electron chi connectivity index (χ2n) is 4.50. The van der Waals surface area contributed by atoms with Crippen molar-refractivity contribution in [1.82, 2.24) is 0 Å². The van der Waals surface area contributed by atoms with Crippen LogP contribution in [0.4, 0.5) is 5.69 Å². The number of non-ortho nitro benzene ring substituents is 1. The highest BCUT2D eigenvalue weighted by atomic mass is 35.5. The Bertz CT molecular complexity index is 718. The molecule has 0 N–H and O–H groups in total. The van der Waals surface area contributed by atoms with Crippen LogP contribution in [0, 0.1) is 10.1 Å². The van der Waals surface area contributed by atoms with Gasteiger partial charge in [-0.2, -0.15) is 0 Å². The Hall–Kier alpha value is -2.11. The molecule has 0 unspecified atom stereocenters. The molecule has 114 valence electrons. The van der Waals surface area contributed by atoms with Crippen LogP contribution >= 0.6 is 23.2 Å². The molecule has 0 amide bonds. The van der Waals surface area contributed by atoms with E-state index in [-0.39, 0.29) is 18.7 Å². The van der Waals surface area contributed by atoms with E-state index >= 15 is 0 Å². The first-order valence-corrected chi connectivity index (χ1v) is 7.04. The Labute approximate surface area is 136 Å². The smallest absolute Gasteiger partial charge is 0.310 e. The lowest BCUT2D eigenvalue weighted by atomic mass is 10.1. The van der Waals surface area contributed by atoms with Gasteiger partial charge in [0.05, 0.1) is 11.3 Å². The van der Waals surface area contributed by atoms with Crippen molar-refractivity contribution in [3.05, 3.63) is 73.8 Å². The van der Waals surface area contributed by atoms with Crippen LogP contribution < -0.4 is 0 Å². The molecular weight excluding hydrogens is 329 g/mol. The molecule has 2 rings (SSSR count). The number of esters is 1. The Morgan fingerprint density at radius 1 is 1.18 bits per heavy atom. The quantitative estimate of drug-likeness (QED) is 0.465. The van der Waals surface area contributed by atoms with Gasteiger partial charge in [0, 0.05) is 22.2 Å². The van der Waals surface area contributed by atoms with Crippen molar-refractivity contribution in [2.75, 3.05) is 0 Å². The zero-order valence-corrected chi connectivity index (χ0v) is 12.8. The number of hydrogen-bond acceptors (Lipinski definition) is 4. The molecule has 0 aromatic heterocycles. The highest BCUT2D eigenvalue weighted by Gasteiger charge is 2.11. The number of ether oxygens (including phenoxy) is 1. The maximum Gasteiger partial charge on any atom is 0.310 e. The molecule has 0 fully saturated rings. The van der Waals surface area contributed by atoms with Crippen LogP contribution in [0.25, 0.3) is 0 Å². The number of halogens is 2. The summed E-state index contributed by atoms with van der Waals surface area (Å²) in [5, 5.41) is 11.5. The molecule has 0 saturated heterocycles. The number of carbonyl (C=O) groups excluding carboxylic acids is 1. The monoisotopic (exact) mass is 339 g/mol. The molecule has 0 aliphatic carbocycles. The van der Waals surface area contributed by atoms with Crippen molar-refractivity contribution in [3.63, 3.8) is 0 Å². The maximum atomic E-state index is 11.8. The minimum atomic E-state index is -0.501. The molecule has 5 nitrogen and oxygen atoms in total. The number of benzene rings is 2. The second-order valence-corrected chi connectivity index (χ2v) is 5.34. The van der Waals surface area contributed by atoms with E-state index < -0.39 is 10.9 Å². The van der Waals surface area contributed by atoms with E-state index in [1.807, 2.05) is 0 Å². The Kier molecular flexibility index (Phi) is 5.35. The molecule has 0 bridgehead atoms. The van der Waals surface area contributed by atoms with Gasteiger partial charge < -0.3 is 4.74 Å². The van der Waals surface area contributed by atoms with E-state index in [2.05, 4.69) is 0 Å². The van der Waals surface area contributed by atoms with Crippen LogP contribution in [0.15, 0.2) is 42.5 Å². The lowest BCUT2D eigenvalue weighted by Gasteiger charge is -2.06. The summed E-state index contributed by atoms with van der Waals surface area (Å²) in [6, 6.07) is 10.8. The van der Waals surface area contributed by atoms with Gasteiger partial charge in [0.2, 0.25) is 0 Å². The van der Waals surface area contributed by atoms with E-state index in [1.165, 1.54) is 18.2 Å². The summed E-state index contributed by atoms with van der Waals surface area (Å²) in [7, 11) is 0. The zero-order chi connectivity index (χ0) is 16.1. The summed E-state index contributed by atoms with van der Waals surface area (Å²) in [6.45, 7) is -0.0360. The van der Waals surface area contributed by atoms with E-state index in [0.717, 1.165) is 0 Å².